The first kappa shape index (κ1) is 10.2. The van der Waals surface area contributed by atoms with E-state index in [1.54, 1.807) is 0 Å². The van der Waals surface area contributed by atoms with Crippen LogP contribution in [0.3, 0.4) is 0 Å². The van der Waals surface area contributed by atoms with Crippen LogP contribution < -0.4 is 10.6 Å². The van der Waals surface area contributed by atoms with Gasteiger partial charge in [0, 0.05) is 30.7 Å². The van der Waals surface area contributed by atoms with E-state index in [0.29, 0.717) is 5.92 Å². The molecule has 2 N–H and O–H groups in total. The van der Waals surface area contributed by atoms with Crippen LogP contribution in [0.5, 0.6) is 0 Å². The standard InChI is InChI=1S/C14H20N2/c1-10-8-14(10)16-9-11-6-7-15-13-5-3-2-4-12(11)13/h2-5,10-11,14-16H,6-9H2,1H3. The predicted molar refractivity (Wildman–Crippen MR) is 67.9 cm³/mol. The van der Waals surface area contributed by atoms with Gasteiger partial charge in [0.15, 0.2) is 0 Å². The van der Waals surface area contributed by atoms with Gasteiger partial charge in [0.2, 0.25) is 0 Å². The van der Waals surface area contributed by atoms with E-state index in [4.69, 9.17) is 0 Å². The van der Waals surface area contributed by atoms with Crippen molar-refractivity contribution in [3.63, 3.8) is 0 Å². The Morgan fingerprint density at radius 3 is 3.00 bits per heavy atom. The van der Waals surface area contributed by atoms with Crippen LogP contribution in [0, 0.1) is 5.92 Å². The summed E-state index contributed by atoms with van der Waals surface area (Å²) in [5.41, 5.74) is 2.83. The third-order valence-corrected chi connectivity index (χ3v) is 3.94. The maximum atomic E-state index is 3.69. The molecular formula is C14H20N2. The first-order valence-electron chi connectivity index (χ1n) is 6.41. The Hall–Kier alpha value is -1.02. The highest BCUT2D eigenvalue weighted by Crippen LogP contribution is 2.33. The molecule has 1 aliphatic carbocycles. The van der Waals surface area contributed by atoms with Crippen LogP contribution in [0.4, 0.5) is 5.69 Å². The highest BCUT2D eigenvalue weighted by atomic mass is 15.0. The van der Waals surface area contributed by atoms with Crippen molar-refractivity contribution in [1.82, 2.24) is 5.32 Å². The molecule has 1 heterocycles. The second-order valence-corrected chi connectivity index (χ2v) is 5.23. The molecule has 2 nitrogen and oxygen atoms in total. The first-order chi connectivity index (χ1) is 7.84. The molecule has 1 aromatic rings. The van der Waals surface area contributed by atoms with E-state index in [1.165, 1.54) is 24.1 Å². The van der Waals surface area contributed by atoms with Gasteiger partial charge in [-0.25, -0.2) is 0 Å². The van der Waals surface area contributed by atoms with Crippen LogP contribution in [-0.4, -0.2) is 19.1 Å². The minimum atomic E-state index is 0.699. The fourth-order valence-corrected chi connectivity index (χ4v) is 2.66. The minimum absolute atomic E-state index is 0.699. The molecule has 1 fully saturated rings. The van der Waals surface area contributed by atoms with Crippen molar-refractivity contribution in [3.05, 3.63) is 29.8 Å². The van der Waals surface area contributed by atoms with Crippen LogP contribution in [0.2, 0.25) is 0 Å². The number of hydrogen-bond donors (Lipinski definition) is 2. The van der Waals surface area contributed by atoms with Gasteiger partial charge in [-0.05, 0) is 30.4 Å². The van der Waals surface area contributed by atoms with Gasteiger partial charge < -0.3 is 10.6 Å². The van der Waals surface area contributed by atoms with Gasteiger partial charge in [-0.1, -0.05) is 25.1 Å². The third-order valence-electron chi connectivity index (χ3n) is 3.94. The molecule has 1 aromatic carbocycles. The largest absolute Gasteiger partial charge is 0.385 e. The summed E-state index contributed by atoms with van der Waals surface area (Å²) in [6, 6.07) is 9.52. The normalized spacial score (nSPS) is 31.7. The van der Waals surface area contributed by atoms with Crippen molar-refractivity contribution in [2.24, 2.45) is 5.92 Å². The molecule has 0 aromatic heterocycles. The van der Waals surface area contributed by atoms with Crippen LogP contribution in [-0.2, 0) is 0 Å². The van der Waals surface area contributed by atoms with Crippen LogP contribution in [0.1, 0.15) is 31.2 Å². The Balaban J connectivity index is 1.67. The van der Waals surface area contributed by atoms with Gasteiger partial charge in [0.25, 0.3) is 0 Å². The smallest absolute Gasteiger partial charge is 0.0376 e. The number of anilines is 1. The zero-order valence-corrected chi connectivity index (χ0v) is 9.87. The molecule has 0 spiro atoms. The summed E-state index contributed by atoms with van der Waals surface area (Å²) >= 11 is 0. The van der Waals surface area contributed by atoms with Crippen molar-refractivity contribution in [3.8, 4) is 0 Å². The highest BCUT2D eigenvalue weighted by molar-refractivity contribution is 5.54. The maximum Gasteiger partial charge on any atom is 0.0376 e. The van der Waals surface area contributed by atoms with E-state index in [9.17, 15) is 0 Å². The predicted octanol–water partition coefficient (Wildman–Crippen LogP) is 2.58. The van der Waals surface area contributed by atoms with Crippen LogP contribution in [0.25, 0.3) is 0 Å². The number of para-hydroxylation sites is 1. The average Bonchev–Trinajstić information content (AvgIpc) is 3.03. The minimum Gasteiger partial charge on any atom is -0.385 e. The van der Waals surface area contributed by atoms with Gasteiger partial charge in [0.05, 0.1) is 0 Å². The number of benzene rings is 1. The second kappa shape index (κ2) is 4.10. The average molecular weight is 216 g/mol. The molecule has 2 aliphatic rings. The molecule has 0 radical (unpaired) electrons. The lowest BCUT2D eigenvalue weighted by Crippen LogP contribution is -2.28. The second-order valence-electron chi connectivity index (χ2n) is 5.23. The quantitative estimate of drug-likeness (QED) is 0.811. The molecule has 0 saturated heterocycles. The SMILES string of the molecule is CC1CC1NCC1CCNc2ccccc21. The van der Waals surface area contributed by atoms with Crippen molar-refractivity contribution in [2.75, 3.05) is 18.4 Å². The summed E-state index contributed by atoms with van der Waals surface area (Å²) in [5.74, 6) is 1.60. The Labute approximate surface area is 97.4 Å². The van der Waals surface area contributed by atoms with E-state index in [2.05, 4.69) is 41.8 Å². The van der Waals surface area contributed by atoms with Crippen molar-refractivity contribution in [2.45, 2.75) is 31.7 Å². The van der Waals surface area contributed by atoms with E-state index >= 15 is 0 Å². The fraction of sp³-hybridized carbons (Fsp3) is 0.571. The number of hydrogen-bond acceptors (Lipinski definition) is 2. The molecule has 1 saturated carbocycles. The summed E-state index contributed by atoms with van der Waals surface area (Å²) < 4.78 is 0. The van der Waals surface area contributed by atoms with Gasteiger partial charge in [-0.15, -0.1) is 0 Å². The van der Waals surface area contributed by atoms with Gasteiger partial charge in [0.1, 0.15) is 0 Å². The monoisotopic (exact) mass is 216 g/mol. The molecule has 16 heavy (non-hydrogen) atoms. The molecule has 3 atom stereocenters. The van der Waals surface area contributed by atoms with Crippen LogP contribution >= 0.6 is 0 Å². The summed E-state index contributed by atoms with van der Waals surface area (Å²) in [5, 5.41) is 7.17. The fourth-order valence-electron chi connectivity index (χ4n) is 2.66. The van der Waals surface area contributed by atoms with E-state index in [0.717, 1.165) is 25.0 Å². The molecule has 2 heteroatoms. The molecule has 3 rings (SSSR count). The van der Waals surface area contributed by atoms with E-state index in [-0.39, 0.29) is 0 Å². The highest BCUT2D eigenvalue weighted by Gasteiger charge is 2.32. The zero-order chi connectivity index (χ0) is 11.0. The third kappa shape index (κ3) is 1.94. The lowest BCUT2D eigenvalue weighted by atomic mass is 9.91. The maximum absolute atomic E-state index is 3.69. The zero-order valence-electron chi connectivity index (χ0n) is 9.87. The number of nitrogens with one attached hydrogen (secondary N) is 2. The molecule has 3 unspecified atom stereocenters. The van der Waals surface area contributed by atoms with E-state index in [1.807, 2.05) is 0 Å². The van der Waals surface area contributed by atoms with Crippen LogP contribution in [0.15, 0.2) is 24.3 Å². The molecule has 0 amide bonds. The van der Waals surface area contributed by atoms with Crippen molar-refractivity contribution in [1.29, 1.82) is 0 Å². The van der Waals surface area contributed by atoms with Gasteiger partial charge in [-0.3, -0.25) is 0 Å². The lowest BCUT2D eigenvalue weighted by molar-refractivity contribution is 0.539. The molecule has 0 bridgehead atoms. The molecule has 86 valence electrons. The lowest BCUT2D eigenvalue weighted by Gasteiger charge is -2.27. The number of fused-ring (bicyclic) bond motifs is 1. The summed E-state index contributed by atoms with van der Waals surface area (Å²) in [7, 11) is 0. The topological polar surface area (TPSA) is 24.1 Å². The number of rotatable bonds is 3. The van der Waals surface area contributed by atoms with Crippen molar-refractivity contribution < 1.29 is 0 Å². The summed E-state index contributed by atoms with van der Waals surface area (Å²) in [6.07, 6.45) is 2.62. The van der Waals surface area contributed by atoms with Gasteiger partial charge in [-0.2, -0.15) is 0 Å². The van der Waals surface area contributed by atoms with Gasteiger partial charge >= 0.3 is 0 Å². The Kier molecular flexibility index (Phi) is 2.60. The van der Waals surface area contributed by atoms with Crippen molar-refractivity contribution >= 4 is 5.69 Å². The Morgan fingerprint density at radius 1 is 1.38 bits per heavy atom. The molecule has 1 aliphatic heterocycles. The Bertz CT molecular complexity index is 375. The van der Waals surface area contributed by atoms with E-state index < -0.39 is 0 Å². The first-order valence-corrected chi connectivity index (χ1v) is 6.41. The summed E-state index contributed by atoms with van der Waals surface area (Å²) in [6.45, 7) is 4.59. The summed E-state index contributed by atoms with van der Waals surface area (Å²) in [4.78, 5) is 0. The Morgan fingerprint density at radius 2 is 2.19 bits per heavy atom. The molecular weight excluding hydrogens is 196 g/mol.